The molecule has 0 aliphatic carbocycles. The van der Waals surface area contributed by atoms with Crippen molar-refractivity contribution in [3.8, 4) is 0 Å². The first-order valence-corrected chi connectivity index (χ1v) is 10.3. The molecule has 116 valence electrons. The van der Waals surface area contributed by atoms with E-state index >= 15 is 0 Å². The van der Waals surface area contributed by atoms with E-state index < -0.39 is 14.4 Å². The quantitative estimate of drug-likeness (QED) is 0.530. The number of nitrogens with zero attached hydrogens (tertiary/aromatic N) is 1. The fraction of sp³-hybridized carbons (Fsp3) is 0.562. The highest BCUT2D eigenvalue weighted by atomic mass is 28.4. The average Bonchev–Trinajstić information content (AvgIpc) is 2.66. The fourth-order valence-corrected chi connectivity index (χ4v) is 3.60. The number of rotatable bonds is 3. The van der Waals surface area contributed by atoms with Crippen LogP contribution < -0.4 is 5.84 Å². The van der Waals surface area contributed by atoms with E-state index in [-0.39, 0.29) is 17.0 Å². The molecule has 0 spiro atoms. The number of hydrazine groups is 1. The highest BCUT2D eigenvalue weighted by molar-refractivity contribution is 6.74. The largest absolute Gasteiger partial charge is 0.405 e. The topological polar surface area (TPSA) is 55.6 Å². The third-order valence-corrected chi connectivity index (χ3v) is 9.22. The van der Waals surface area contributed by atoms with Crippen LogP contribution in [0, 0.1) is 0 Å². The Hall–Kier alpha value is -1.17. The SMILES string of the molecule is CC(C)(C)[Si](C)(C)O[C@@H]1C[C@@H](c2ccccc2)N(N)C1=O. The summed E-state index contributed by atoms with van der Waals surface area (Å²) >= 11 is 0. The van der Waals surface area contributed by atoms with Crippen molar-refractivity contribution in [2.75, 3.05) is 0 Å². The summed E-state index contributed by atoms with van der Waals surface area (Å²) in [6.07, 6.45) is 0.215. The molecule has 1 aliphatic heterocycles. The Morgan fingerprint density at radius 1 is 1.24 bits per heavy atom. The van der Waals surface area contributed by atoms with Crippen molar-refractivity contribution in [1.82, 2.24) is 5.01 Å². The molecule has 1 aromatic carbocycles. The lowest BCUT2D eigenvalue weighted by molar-refractivity contribution is -0.135. The minimum atomic E-state index is -1.97. The number of carbonyl (C=O) groups is 1. The minimum Gasteiger partial charge on any atom is -0.405 e. The zero-order valence-electron chi connectivity index (χ0n) is 13.6. The molecule has 1 amide bonds. The summed E-state index contributed by atoms with van der Waals surface area (Å²) in [6.45, 7) is 10.8. The number of amides is 1. The Bertz CT molecular complexity index is 511. The van der Waals surface area contributed by atoms with Crippen molar-refractivity contribution in [3.63, 3.8) is 0 Å². The standard InChI is InChI=1S/C16H26N2O2Si/c1-16(2,3)21(4,5)20-14-11-13(18(17)15(14)19)12-9-7-6-8-10-12/h6-10,13-14H,11,17H2,1-5H3/t13-,14+/m0/s1. The van der Waals surface area contributed by atoms with Crippen LogP contribution in [0.15, 0.2) is 30.3 Å². The molecule has 2 rings (SSSR count). The van der Waals surface area contributed by atoms with Crippen LogP contribution in [0.4, 0.5) is 0 Å². The molecule has 0 aromatic heterocycles. The molecule has 2 N–H and O–H groups in total. The summed E-state index contributed by atoms with van der Waals surface area (Å²) in [5.74, 6) is 5.89. The Balaban J connectivity index is 2.16. The van der Waals surface area contributed by atoms with Crippen molar-refractivity contribution in [1.29, 1.82) is 0 Å². The Labute approximate surface area is 128 Å². The fourth-order valence-electron chi connectivity index (χ4n) is 2.34. The minimum absolute atomic E-state index is 0.0809. The molecule has 1 saturated heterocycles. The predicted octanol–water partition coefficient (Wildman–Crippen LogP) is 3.22. The van der Waals surface area contributed by atoms with Gasteiger partial charge in [-0.25, -0.2) is 5.84 Å². The maximum absolute atomic E-state index is 12.4. The maximum atomic E-state index is 12.4. The van der Waals surface area contributed by atoms with Gasteiger partial charge in [0.15, 0.2) is 8.32 Å². The Morgan fingerprint density at radius 3 is 2.33 bits per heavy atom. The van der Waals surface area contributed by atoms with E-state index in [1.54, 1.807) is 0 Å². The number of hydrogen-bond acceptors (Lipinski definition) is 3. The molecule has 2 atom stereocenters. The first-order valence-electron chi connectivity index (χ1n) is 7.44. The second kappa shape index (κ2) is 5.55. The van der Waals surface area contributed by atoms with Gasteiger partial charge < -0.3 is 4.43 Å². The van der Waals surface area contributed by atoms with Crippen LogP contribution in [-0.4, -0.2) is 25.3 Å². The molecule has 0 unspecified atom stereocenters. The van der Waals surface area contributed by atoms with Crippen molar-refractivity contribution < 1.29 is 9.22 Å². The van der Waals surface area contributed by atoms with Gasteiger partial charge in [-0.3, -0.25) is 9.80 Å². The first-order chi connectivity index (χ1) is 9.63. The lowest BCUT2D eigenvalue weighted by Gasteiger charge is -2.37. The van der Waals surface area contributed by atoms with Gasteiger partial charge in [0, 0.05) is 6.42 Å². The number of carbonyl (C=O) groups excluding carboxylic acids is 1. The lowest BCUT2D eigenvalue weighted by Crippen LogP contribution is -2.46. The summed E-state index contributed by atoms with van der Waals surface area (Å²) < 4.78 is 6.27. The normalized spacial score (nSPS) is 23.7. The van der Waals surface area contributed by atoms with Crippen LogP contribution in [0.1, 0.15) is 38.8 Å². The number of benzene rings is 1. The van der Waals surface area contributed by atoms with Gasteiger partial charge in [-0.1, -0.05) is 51.1 Å². The van der Waals surface area contributed by atoms with E-state index in [9.17, 15) is 4.79 Å². The van der Waals surface area contributed by atoms with Crippen molar-refractivity contribution in [2.24, 2.45) is 5.84 Å². The van der Waals surface area contributed by atoms with Gasteiger partial charge in [-0.05, 0) is 23.7 Å². The zero-order valence-corrected chi connectivity index (χ0v) is 14.6. The van der Waals surface area contributed by atoms with Gasteiger partial charge in [0.1, 0.15) is 6.10 Å². The zero-order chi connectivity index (χ0) is 15.8. The molecule has 0 bridgehead atoms. The monoisotopic (exact) mass is 306 g/mol. The molecule has 4 nitrogen and oxygen atoms in total. The third-order valence-electron chi connectivity index (χ3n) is 4.73. The third kappa shape index (κ3) is 3.20. The Kier molecular flexibility index (Phi) is 4.28. The van der Waals surface area contributed by atoms with Crippen LogP contribution in [0.2, 0.25) is 18.1 Å². The molecule has 1 fully saturated rings. The van der Waals surface area contributed by atoms with Gasteiger partial charge in [-0.15, -0.1) is 0 Å². The van der Waals surface area contributed by atoms with Crippen LogP contribution in [0.25, 0.3) is 0 Å². The van der Waals surface area contributed by atoms with Gasteiger partial charge in [-0.2, -0.15) is 0 Å². The summed E-state index contributed by atoms with van der Waals surface area (Å²) in [6, 6.07) is 9.82. The summed E-state index contributed by atoms with van der Waals surface area (Å²) in [5, 5.41) is 1.42. The van der Waals surface area contributed by atoms with Crippen molar-refractivity contribution in [2.45, 2.75) is 57.5 Å². The van der Waals surface area contributed by atoms with E-state index in [0.29, 0.717) is 6.42 Å². The van der Waals surface area contributed by atoms with E-state index in [4.69, 9.17) is 10.3 Å². The molecule has 0 saturated carbocycles. The molecule has 1 heterocycles. The predicted molar refractivity (Wildman–Crippen MR) is 86.9 cm³/mol. The van der Waals surface area contributed by atoms with Gasteiger partial charge >= 0.3 is 0 Å². The molecule has 5 heteroatoms. The highest BCUT2D eigenvalue weighted by Crippen LogP contribution is 2.40. The maximum Gasteiger partial charge on any atom is 0.265 e. The number of hydrogen-bond donors (Lipinski definition) is 1. The molecule has 1 aromatic rings. The van der Waals surface area contributed by atoms with Crippen LogP contribution in [0.5, 0.6) is 0 Å². The summed E-state index contributed by atoms with van der Waals surface area (Å²) in [5.41, 5.74) is 1.06. The van der Waals surface area contributed by atoms with E-state index in [1.165, 1.54) is 5.01 Å². The average molecular weight is 306 g/mol. The van der Waals surface area contributed by atoms with Crippen molar-refractivity contribution in [3.05, 3.63) is 35.9 Å². The van der Waals surface area contributed by atoms with Gasteiger partial charge in [0.25, 0.3) is 5.91 Å². The smallest absolute Gasteiger partial charge is 0.265 e. The van der Waals surface area contributed by atoms with Gasteiger partial charge in [0.2, 0.25) is 0 Å². The second-order valence-electron chi connectivity index (χ2n) is 7.27. The van der Waals surface area contributed by atoms with Crippen molar-refractivity contribution >= 4 is 14.2 Å². The first kappa shape index (κ1) is 16.2. The molecular formula is C16H26N2O2Si. The lowest BCUT2D eigenvalue weighted by atomic mass is 10.0. The van der Waals surface area contributed by atoms with E-state index in [1.807, 2.05) is 30.3 Å². The summed E-state index contributed by atoms with van der Waals surface area (Å²) in [4.78, 5) is 12.4. The van der Waals surface area contributed by atoms with Gasteiger partial charge in [0.05, 0.1) is 6.04 Å². The molecule has 1 aliphatic rings. The molecule has 0 radical (unpaired) electrons. The molecule has 21 heavy (non-hydrogen) atoms. The Morgan fingerprint density at radius 2 is 1.81 bits per heavy atom. The van der Waals surface area contributed by atoms with Crippen LogP contribution >= 0.6 is 0 Å². The van der Waals surface area contributed by atoms with E-state index in [0.717, 1.165) is 5.56 Å². The van der Waals surface area contributed by atoms with E-state index in [2.05, 4.69) is 33.9 Å². The second-order valence-corrected chi connectivity index (χ2v) is 12.0. The molecular weight excluding hydrogens is 280 g/mol. The van der Waals surface area contributed by atoms with Crippen LogP contribution in [-0.2, 0) is 9.22 Å². The number of nitrogens with two attached hydrogens (primary N) is 1. The summed E-state index contributed by atoms with van der Waals surface area (Å²) in [7, 11) is -1.97. The van der Waals surface area contributed by atoms with Crippen LogP contribution in [0.3, 0.4) is 0 Å². The highest BCUT2D eigenvalue weighted by Gasteiger charge is 2.46.